The summed E-state index contributed by atoms with van der Waals surface area (Å²) in [6, 6.07) is 8.92. The molecule has 0 saturated carbocycles. The largest absolute Gasteiger partial charge is 0.459 e. The molecular weight excluding hydrogens is 282 g/mol. The summed E-state index contributed by atoms with van der Waals surface area (Å²) in [6.45, 7) is 7.62. The number of rotatable bonds is 3. The summed E-state index contributed by atoms with van der Waals surface area (Å²) in [7, 11) is 0. The minimum atomic E-state index is -0.377. The van der Waals surface area contributed by atoms with Crippen LogP contribution >= 0.6 is 0 Å². The Hall–Kier alpha value is -2.30. The van der Waals surface area contributed by atoms with E-state index in [1.165, 1.54) is 0 Å². The number of para-hydroxylation sites is 1. The number of esters is 1. The van der Waals surface area contributed by atoms with E-state index in [9.17, 15) is 9.59 Å². The molecule has 1 aliphatic heterocycles. The Morgan fingerprint density at radius 2 is 1.95 bits per heavy atom. The first-order valence-corrected chi connectivity index (χ1v) is 7.37. The van der Waals surface area contributed by atoms with Gasteiger partial charge in [-0.25, -0.2) is 9.59 Å². The summed E-state index contributed by atoms with van der Waals surface area (Å²) >= 11 is 0. The summed E-state index contributed by atoms with van der Waals surface area (Å²) in [4.78, 5) is 25.4. The number of carbonyl (C=O) groups is 2. The van der Waals surface area contributed by atoms with Gasteiger partial charge in [0.1, 0.15) is 11.9 Å². The van der Waals surface area contributed by atoms with E-state index in [1.54, 1.807) is 24.0 Å². The van der Waals surface area contributed by atoms with Crippen molar-refractivity contribution in [3.8, 4) is 5.75 Å². The van der Waals surface area contributed by atoms with Crippen LogP contribution in [0.5, 0.6) is 5.75 Å². The molecule has 2 rings (SSSR count). The fourth-order valence-corrected chi connectivity index (χ4v) is 2.41. The molecule has 1 saturated heterocycles. The number of hydrogen-bond donors (Lipinski definition) is 0. The predicted octanol–water partition coefficient (Wildman–Crippen LogP) is 3.16. The van der Waals surface area contributed by atoms with Gasteiger partial charge in [0.25, 0.3) is 0 Å². The maximum atomic E-state index is 12.2. The van der Waals surface area contributed by atoms with Crippen LogP contribution in [0.25, 0.3) is 0 Å². The predicted molar refractivity (Wildman–Crippen MR) is 82.6 cm³/mol. The lowest BCUT2D eigenvalue weighted by Gasteiger charge is -2.36. The van der Waals surface area contributed by atoms with Crippen molar-refractivity contribution in [3.63, 3.8) is 0 Å². The smallest absolute Gasteiger partial charge is 0.415 e. The lowest BCUT2D eigenvalue weighted by molar-refractivity contribution is -0.146. The highest BCUT2D eigenvalue weighted by Crippen LogP contribution is 2.22. The van der Waals surface area contributed by atoms with Crippen molar-refractivity contribution in [2.45, 2.75) is 38.8 Å². The van der Waals surface area contributed by atoms with Crippen LogP contribution < -0.4 is 4.74 Å². The molecule has 1 aromatic carbocycles. The first kappa shape index (κ1) is 16.1. The van der Waals surface area contributed by atoms with Gasteiger partial charge in [-0.15, -0.1) is 0 Å². The highest BCUT2D eigenvalue weighted by atomic mass is 16.6. The molecular formula is C17H21NO4. The number of carbonyl (C=O) groups excluding carboxylic acids is 2. The highest BCUT2D eigenvalue weighted by molar-refractivity contribution is 5.87. The minimum absolute atomic E-state index is 0.0483. The van der Waals surface area contributed by atoms with Crippen molar-refractivity contribution < 1.29 is 19.1 Å². The van der Waals surface area contributed by atoms with Crippen LogP contribution in [-0.2, 0) is 9.53 Å². The molecule has 118 valence electrons. The Morgan fingerprint density at radius 1 is 1.27 bits per heavy atom. The molecule has 1 fully saturated rings. The van der Waals surface area contributed by atoms with E-state index < -0.39 is 0 Å². The van der Waals surface area contributed by atoms with E-state index in [-0.39, 0.29) is 24.2 Å². The quantitative estimate of drug-likeness (QED) is 0.636. The number of amides is 1. The van der Waals surface area contributed by atoms with Gasteiger partial charge in [-0.3, -0.25) is 0 Å². The Balaban J connectivity index is 1.89. The number of benzene rings is 1. The van der Waals surface area contributed by atoms with Crippen LogP contribution in [-0.4, -0.2) is 35.7 Å². The van der Waals surface area contributed by atoms with Crippen molar-refractivity contribution in [3.05, 3.63) is 42.5 Å². The van der Waals surface area contributed by atoms with Gasteiger partial charge < -0.3 is 14.4 Å². The summed E-state index contributed by atoms with van der Waals surface area (Å²) in [5.74, 6) is 0.146. The van der Waals surface area contributed by atoms with E-state index in [2.05, 4.69) is 6.58 Å². The van der Waals surface area contributed by atoms with Gasteiger partial charge in [-0.1, -0.05) is 24.8 Å². The molecule has 2 atom stereocenters. The van der Waals surface area contributed by atoms with Crippen LogP contribution in [0.2, 0.25) is 0 Å². The molecule has 1 aliphatic rings. The third-order valence-electron chi connectivity index (χ3n) is 3.63. The SMILES string of the molecule is C=C(C)C(=O)OC1CCN(C(=O)Oc2ccccc2)C(C)C1. The Bertz CT molecular complexity index is 555. The van der Waals surface area contributed by atoms with Crippen molar-refractivity contribution in [1.82, 2.24) is 4.90 Å². The van der Waals surface area contributed by atoms with E-state index in [1.807, 2.05) is 25.1 Å². The summed E-state index contributed by atoms with van der Waals surface area (Å²) in [5.41, 5.74) is 0.388. The molecule has 0 N–H and O–H groups in total. The molecule has 5 nitrogen and oxygen atoms in total. The molecule has 2 unspecified atom stereocenters. The Kier molecular flexibility index (Phi) is 5.20. The molecule has 22 heavy (non-hydrogen) atoms. The number of hydrogen-bond acceptors (Lipinski definition) is 4. The van der Waals surface area contributed by atoms with Gasteiger partial charge in [-0.2, -0.15) is 0 Å². The lowest BCUT2D eigenvalue weighted by atomic mass is 10.0. The fourth-order valence-electron chi connectivity index (χ4n) is 2.41. The van der Waals surface area contributed by atoms with Crippen molar-refractivity contribution in [2.24, 2.45) is 0 Å². The van der Waals surface area contributed by atoms with Crippen LogP contribution in [0.4, 0.5) is 4.79 Å². The first-order valence-electron chi connectivity index (χ1n) is 7.37. The topological polar surface area (TPSA) is 55.8 Å². The molecule has 1 heterocycles. The Morgan fingerprint density at radius 3 is 2.55 bits per heavy atom. The van der Waals surface area contributed by atoms with Crippen molar-refractivity contribution in [1.29, 1.82) is 0 Å². The van der Waals surface area contributed by atoms with Gasteiger partial charge in [0, 0.05) is 31.0 Å². The number of ether oxygens (including phenoxy) is 2. The second kappa shape index (κ2) is 7.11. The highest BCUT2D eigenvalue weighted by Gasteiger charge is 2.31. The number of likely N-dealkylation sites (tertiary alicyclic amines) is 1. The second-order valence-electron chi connectivity index (χ2n) is 5.56. The summed E-state index contributed by atoms with van der Waals surface area (Å²) < 4.78 is 10.7. The average molecular weight is 303 g/mol. The molecule has 1 amide bonds. The molecule has 0 aromatic heterocycles. The van der Waals surface area contributed by atoms with E-state index in [0.29, 0.717) is 30.7 Å². The maximum Gasteiger partial charge on any atom is 0.415 e. The van der Waals surface area contributed by atoms with E-state index in [4.69, 9.17) is 9.47 Å². The van der Waals surface area contributed by atoms with Gasteiger partial charge in [0.05, 0.1) is 0 Å². The number of piperidine rings is 1. The van der Waals surface area contributed by atoms with Gasteiger partial charge in [-0.05, 0) is 26.0 Å². The fraction of sp³-hybridized carbons (Fsp3) is 0.412. The van der Waals surface area contributed by atoms with Crippen LogP contribution in [0.1, 0.15) is 26.7 Å². The molecule has 1 aromatic rings. The minimum Gasteiger partial charge on any atom is -0.459 e. The lowest BCUT2D eigenvalue weighted by Crippen LogP contribution is -2.48. The third kappa shape index (κ3) is 4.10. The first-order chi connectivity index (χ1) is 10.5. The van der Waals surface area contributed by atoms with Gasteiger partial charge >= 0.3 is 12.1 Å². The molecule has 0 bridgehead atoms. The molecule has 0 aliphatic carbocycles. The average Bonchev–Trinajstić information content (AvgIpc) is 2.48. The maximum absolute atomic E-state index is 12.2. The molecule has 0 radical (unpaired) electrons. The monoisotopic (exact) mass is 303 g/mol. The zero-order valence-electron chi connectivity index (χ0n) is 13.0. The van der Waals surface area contributed by atoms with Crippen LogP contribution in [0.3, 0.4) is 0 Å². The third-order valence-corrected chi connectivity index (χ3v) is 3.63. The van der Waals surface area contributed by atoms with Crippen LogP contribution in [0.15, 0.2) is 42.5 Å². The normalized spacial score (nSPS) is 21.1. The van der Waals surface area contributed by atoms with E-state index in [0.717, 1.165) is 0 Å². The zero-order chi connectivity index (χ0) is 16.1. The summed E-state index contributed by atoms with van der Waals surface area (Å²) in [6.07, 6.45) is 0.652. The molecule has 0 spiro atoms. The Labute approximate surface area is 130 Å². The van der Waals surface area contributed by atoms with E-state index >= 15 is 0 Å². The number of nitrogens with zero attached hydrogens (tertiary/aromatic N) is 1. The standard InChI is InChI=1S/C17H21NO4/c1-12(2)16(19)21-15-9-10-18(13(3)11-15)17(20)22-14-7-5-4-6-8-14/h4-8,13,15H,1,9-11H2,2-3H3. The summed E-state index contributed by atoms with van der Waals surface area (Å²) in [5, 5.41) is 0. The van der Waals surface area contributed by atoms with Gasteiger partial charge in [0.2, 0.25) is 0 Å². The van der Waals surface area contributed by atoms with Crippen molar-refractivity contribution in [2.75, 3.05) is 6.54 Å². The van der Waals surface area contributed by atoms with Gasteiger partial charge in [0.15, 0.2) is 0 Å². The molecule has 5 heteroatoms. The van der Waals surface area contributed by atoms with Crippen LogP contribution in [0, 0.1) is 0 Å². The van der Waals surface area contributed by atoms with Crippen molar-refractivity contribution >= 4 is 12.1 Å². The zero-order valence-corrected chi connectivity index (χ0v) is 13.0. The second-order valence-corrected chi connectivity index (χ2v) is 5.56.